The third kappa shape index (κ3) is 3.01. The van der Waals surface area contributed by atoms with Crippen molar-refractivity contribution in [1.82, 2.24) is 14.5 Å². The van der Waals surface area contributed by atoms with Gasteiger partial charge in [0.1, 0.15) is 12.4 Å². The Labute approximate surface area is 152 Å². The lowest BCUT2D eigenvalue weighted by molar-refractivity contribution is 0.292. The lowest BCUT2D eigenvalue weighted by Gasteiger charge is -2.12. The zero-order valence-electron chi connectivity index (χ0n) is 12.9. The van der Waals surface area contributed by atoms with Gasteiger partial charge in [0.05, 0.1) is 15.9 Å². The molecule has 4 aromatic rings. The lowest BCUT2D eigenvalue weighted by atomic mass is 10.2. The fraction of sp³-hybridized carbons (Fsp3) is 0.0556. The van der Waals surface area contributed by atoms with Gasteiger partial charge in [0, 0.05) is 11.6 Å². The van der Waals surface area contributed by atoms with E-state index in [9.17, 15) is 4.79 Å². The first-order valence-corrected chi connectivity index (χ1v) is 8.77. The normalized spacial score (nSPS) is 10.9. The number of aromatic nitrogens is 3. The Bertz CT molecular complexity index is 1090. The average molecular weight is 370 g/mol. The SMILES string of the molecule is O=c1c2ccccc2nc(COc2ccccc2Cl)n1-c1nccs1. The van der Waals surface area contributed by atoms with Crippen molar-refractivity contribution in [2.24, 2.45) is 0 Å². The van der Waals surface area contributed by atoms with Gasteiger partial charge in [0.15, 0.2) is 11.0 Å². The van der Waals surface area contributed by atoms with Gasteiger partial charge in [-0.15, -0.1) is 11.3 Å². The van der Waals surface area contributed by atoms with Crippen molar-refractivity contribution in [3.63, 3.8) is 0 Å². The summed E-state index contributed by atoms with van der Waals surface area (Å²) >= 11 is 7.50. The van der Waals surface area contributed by atoms with Crippen LogP contribution in [0.15, 0.2) is 64.9 Å². The first kappa shape index (κ1) is 15.8. The molecule has 0 amide bonds. The van der Waals surface area contributed by atoms with Crippen LogP contribution in [0.3, 0.4) is 0 Å². The second kappa shape index (κ2) is 6.66. The van der Waals surface area contributed by atoms with Crippen LogP contribution >= 0.6 is 22.9 Å². The summed E-state index contributed by atoms with van der Waals surface area (Å²) in [5.74, 6) is 1.01. The maximum atomic E-state index is 12.9. The van der Waals surface area contributed by atoms with Gasteiger partial charge in [0.2, 0.25) is 0 Å². The number of halogens is 1. The molecule has 0 radical (unpaired) electrons. The van der Waals surface area contributed by atoms with Gasteiger partial charge >= 0.3 is 0 Å². The van der Waals surface area contributed by atoms with Crippen molar-refractivity contribution < 1.29 is 4.74 Å². The Morgan fingerprint density at radius 3 is 2.72 bits per heavy atom. The van der Waals surface area contributed by atoms with Crippen molar-refractivity contribution >= 4 is 33.8 Å². The Hall–Kier alpha value is -2.70. The highest BCUT2D eigenvalue weighted by molar-refractivity contribution is 7.12. The fourth-order valence-corrected chi connectivity index (χ4v) is 3.35. The first-order chi connectivity index (χ1) is 12.2. The van der Waals surface area contributed by atoms with E-state index in [1.807, 2.05) is 35.7 Å². The topological polar surface area (TPSA) is 57.0 Å². The van der Waals surface area contributed by atoms with E-state index in [1.54, 1.807) is 24.4 Å². The number of fused-ring (bicyclic) bond motifs is 1. The predicted octanol–water partition coefficient (Wildman–Crippen LogP) is 4.07. The van der Waals surface area contributed by atoms with Crippen molar-refractivity contribution in [3.8, 4) is 10.9 Å². The number of rotatable bonds is 4. The largest absolute Gasteiger partial charge is 0.484 e. The van der Waals surface area contributed by atoms with Gasteiger partial charge in [-0.3, -0.25) is 4.79 Å². The van der Waals surface area contributed by atoms with Crippen LogP contribution in [0, 0.1) is 0 Å². The summed E-state index contributed by atoms with van der Waals surface area (Å²) in [5, 5.41) is 3.42. The third-order valence-corrected chi connectivity index (χ3v) is 4.72. The molecule has 0 fully saturated rings. The van der Waals surface area contributed by atoms with Crippen molar-refractivity contribution in [1.29, 1.82) is 0 Å². The van der Waals surface area contributed by atoms with E-state index < -0.39 is 0 Å². The third-order valence-electron chi connectivity index (χ3n) is 3.65. The molecular formula is C18H12ClN3O2S. The summed E-state index contributed by atoms with van der Waals surface area (Å²) in [7, 11) is 0. The Kier molecular flexibility index (Phi) is 4.21. The molecule has 7 heteroatoms. The molecular weight excluding hydrogens is 358 g/mol. The fourth-order valence-electron chi connectivity index (χ4n) is 2.50. The molecule has 0 bridgehead atoms. The minimum atomic E-state index is -0.168. The maximum absolute atomic E-state index is 12.9. The molecule has 0 atom stereocenters. The van der Waals surface area contributed by atoms with E-state index in [-0.39, 0.29) is 12.2 Å². The molecule has 0 aliphatic heterocycles. The average Bonchev–Trinajstić information content (AvgIpc) is 3.15. The molecule has 5 nitrogen and oxygen atoms in total. The molecule has 25 heavy (non-hydrogen) atoms. The maximum Gasteiger partial charge on any atom is 0.267 e. The summed E-state index contributed by atoms with van der Waals surface area (Å²) in [4.78, 5) is 21.8. The Morgan fingerprint density at radius 2 is 1.92 bits per heavy atom. The summed E-state index contributed by atoms with van der Waals surface area (Å²) in [6, 6.07) is 14.4. The van der Waals surface area contributed by atoms with Crippen LogP contribution in [0.1, 0.15) is 5.82 Å². The summed E-state index contributed by atoms with van der Waals surface area (Å²) in [6.07, 6.45) is 1.65. The molecule has 0 aliphatic carbocycles. The van der Waals surface area contributed by atoms with E-state index >= 15 is 0 Å². The number of benzene rings is 2. The van der Waals surface area contributed by atoms with E-state index in [0.29, 0.717) is 32.6 Å². The summed E-state index contributed by atoms with van der Waals surface area (Å²) < 4.78 is 7.28. The van der Waals surface area contributed by atoms with E-state index in [1.165, 1.54) is 15.9 Å². The minimum Gasteiger partial charge on any atom is -0.484 e. The second-order valence-electron chi connectivity index (χ2n) is 5.22. The lowest BCUT2D eigenvalue weighted by Crippen LogP contribution is -2.24. The molecule has 0 aliphatic rings. The number of hydrogen-bond acceptors (Lipinski definition) is 5. The van der Waals surface area contributed by atoms with Gasteiger partial charge in [-0.25, -0.2) is 14.5 Å². The van der Waals surface area contributed by atoms with Crippen LogP contribution in [0.5, 0.6) is 5.75 Å². The molecule has 0 N–H and O–H groups in total. The van der Waals surface area contributed by atoms with Crippen LogP contribution in [0.4, 0.5) is 0 Å². The molecule has 2 heterocycles. The van der Waals surface area contributed by atoms with E-state index in [0.717, 1.165) is 0 Å². The van der Waals surface area contributed by atoms with Crippen molar-refractivity contribution in [2.75, 3.05) is 0 Å². The number of thiazole rings is 1. The quantitative estimate of drug-likeness (QED) is 0.544. The molecule has 0 saturated carbocycles. The Morgan fingerprint density at radius 1 is 1.12 bits per heavy atom. The van der Waals surface area contributed by atoms with Gasteiger partial charge in [-0.05, 0) is 24.3 Å². The van der Waals surface area contributed by atoms with Gasteiger partial charge in [0.25, 0.3) is 5.56 Å². The monoisotopic (exact) mass is 369 g/mol. The number of para-hydroxylation sites is 2. The molecule has 2 aromatic carbocycles. The molecule has 0 saturated heterocycles. The van der Waals surface area contributed by atoms with Gasteiger partial charge in [-0.2, -0.15) is 0 Å². The molecule has 0 unspecified atom stereocenters. The van der Waals surface area contributed by atoms with Crippen LogP contribution in [0.2, 0.25) is 5.02 Å². The summed E-state index contributed by atoms with van der Waals surface area (Å²) in [6.45, 7) is 0.101. The molecule has 2 aromatic heterocycles. The molecule has 124 valence electrons. The van der Waals surface area contributed by atoms with Crippen LogP contribution in [-0.4, -0.2) is 14.5 Å². The highest BCUT2D eigenvalue weighted by atomic mass is 35.5. The van der Waals surface area contributed by atoms with Crippen molar-refractivity contribution in [2.45, 2.75) is 6.61 Å². The second-order valence-corrected chi connectivity index (χ2v) is 6.50. The summed E-state index contributed by atoms with van der Waals surface area (Å²) in [5.41, 5.74) is 0.455. The van der Waals surface area contributed by atoms with Crippen LogP contribution in [0.25, 0.3) is 16.0 Å². The van der Waals surface area contributed by atoms with E-state index in [2.05, 4.69) is 9.97 Å². The number of hydrogen-bond donors (Lipinski definition) is 0. The highest BCUT2D eigenvalue weighted by Crippen LogP contribution is 2.24. The molecule has 0 spiro atoms. The van der Waals surface area contributed by atoms with Gasteiger partial charge in [-0.1, -0.05) is 35.9 Å². The Balaban J connectivity index is 1.83. The smallest absolute Gasteiger partial charge is 0.267 e. The number of nitrogens with zero attached hydrogens (tertiary/aromatic N) is 3. The minimum absolute atomic E-state index is 0.101. The van der Waals surface area contributed by atoms with Gasteiger partial charge < -0.3 is 4.74 Å². The first-order valence-electron chi connectivity index (χ1n) is 7.52. The molecule has 4 rings (SSSR count). The zero-order chi connectivity index (χ0) is 17.2. The standard InChI is InChI=1S/C18H12ClN3O2S/c19-13-6-2-4-8-15(13)24-11-16-21-14-7-3-1-5-12(14)17(23)22(16)18-20-9-10-25-18/h1-10H,11H2. The van der Waals surface area contributed by atoms with Crippen molar-refractivity contribution in [3.05, 3.63) is 81.3 Å². The zero-order valence-corrected chi connectivity index (χ0v) is 14.5. The highest BCUT2D eigenvalue weighted by Gasteiger charge is 2.15. The number of ether oxygens (including phenoxy) is 1. The van der Waals surface area contributed by atoms with Crippen LogP contribution < -0.4 is 10.3 Å². The van der Waals surface area contributed by atoms with E-state index in [4.69, 9.17) is 16.3 Å². The predicted molar refractivity (Wildman–Crippen MR) is 98.8 cm³/mol. The van der Waals surface area contributed by atoms with Crippen LogP contribution in [-0.2, 0) is 6.61 Å².